The molecule has 13 heavy (non-hydrogen) atoms. The molecule has 0 atom stereocenters. The van der Waals surface area contributed by atoms with Gasteiger partial charge in [-0.25, -0.2) is 4.98 Å². The first-order chi connectivity index (χ1) is 5.95. The maximum atomic E-state index is 12.1. The highest BCUT2D eigenvalue weighted by atomic mass is 35.5. The highest BCUT2D eigenvalue weighted by Crippen LogP contribution is 2.34. The summed E-state index contributed by atoms with van der Waals surface area (Å²) >= 11 is 5.28. The van der Waals surface area contributed by atoms with Crippen LogP contribution < -0.4 is 4.74 Å². The van der Waals surface area contributed by atoms with Crippen LogP contribution in [-0.2, 0) is 6.18 Å². The van der Waals surface area contributed by atoms with Crippen LogP contribution in [0.3, 0.4) is 0 Å². The molecule has 72 valence electrons. The van der Waals surface area contributed by atoms with E-state index in [2.05, 4.69) is 9.72 Å². The first kappa shape index (κ1) is 10.1. The van der Waals surface area contributed by atoms with Gasteiger partial charge in [-0.05, 0) is 6.07 Å². The van der Waals surface area contributed by atoms with E-state index in [9.17, 15) is 13.2 Å². The third-order valence-corrected chi connectivity index (χ3v) is 1.63. The predicted octanol–water partition coefficient (Wildman–Crippen LogP) is 2.76. The minimum Gasteiger partial charge on any atom is -0.481 e. The number of halogens is 4. The van der Waals surface area contributed by atoms with Crippen molar-refractivity contribution in [3.8, 4) is 5.88 Å². The highest BCUT2D eigenvalue weighted by molar-refractivity contribution is 6.30. The van der Waals surface area contributed by atoms with Crippen LogP contribution in [0.25, 0.3) is 0 Å². The number of rotatable bonds is 1. The van der Waals surface area contributed by atoms with Crippen molar-refractivity contribution in [2.45, 2.75) is 6.18 Å². The number of aromatic nitrogens is 1. The summed E-state index contributed by atoms with van der Waals surface area (Å²) in [6.07, 6.45) is -4.48. The van der Waals surface area contributed by atoms with E-state index >= 15 is 0 Å². The second-order valence-electron chi connectivity index (χ2n) is 2.19. The highest BCUT2D eigenvalue weighted by Gasteiger charge is 2.33. The van der Waals surface area contributed by atoms with Gasteiger partial charge in [0.05, 0.1) is 12.7 Å². The van der Waals surface area contributed by atoms with Gasteiger partial charge in [0.2, 0.25) is 5.88 Å². The average molecular weight is 212 g/mol. The largest absolute Gasteiger partial charge is 0.481 e. The Labute approximate surface area is 77.3 Å². The van der Waals surface area contributed by atoms with Gasteiger partial charge in [-0.15, -0.1) is 0 Å². The van der Waals surface area contributed by atoms with Crippen molar-refractivity contribution in [3.05, 3.63) is 22.8 Å². The van der Waals surface area contributed by atoms with Gasteiger partial charge in [-0.3, -0.25) is 0 Å². The number of methoxy groups -OCH3 is 1. The van der Waals surface area contributed by atoms with Crippen LogP contribution in [0.5, 0.6) is 5.88 Å². The number of pyridine rings is 1. The molecule has 0 amide bonds. The minimum absolute atomic E-state index is 0.0537. The molecule has 0 bridgehead atoms. The summed E-state index contributed by atoms with van der Waals surface area (Å²) in [6, 6.07) is 1.93. The number of alkyl halides is 3. The van der Waals surface area contributed by atoms with E-state index < -0.39 is 16.9 Å². The van der Waals surface area contributed by atoms with Crippen LogP contribution in [0.4, 0.5) is 13.2 Å². The van der Waals surface area contributed by atoms with Crippen molar-refractivity contribution in [1.29, 1.82) is 0 Å². The van der Waals surface area contributed by atoms with Crippen LogP contribution in [0.1, 0.15) is 5.56 Å². The Morgan fingerprint density at radius 3 is 2.38 bits per heavy atom. The molecule has 0 aliphatic carbocycles. The third kappa shape index (κ3) is 2.24. The molecule has 0 aliphatic heterocycles. The summed E-state index contributed by atoms with van der Waals surface area (Å²) in [4.78, 5) is 3.38. The van der Waals surface area contributed by atoms with E-state index in [1.54, 1.807) is 0 Å². The maximum absolute atomic E-state index is 12.1. The Hall–Kier alpha value is -0.970. The van der Waals surface area contributed by atoms with Gasteiger partial charge >= 0.3 is 6.18 Å². The van der Waals surface area contributed by atoms with Gasteiger partial charge in [0.15, 0.2) is 0 Å². The lowest BCUT2D eigenvalue weighted by molar-refractivity contribution is -0.137. The maximum Gasteiger partial charge on any atom is 0.419 e. The fourth-order valence-corrected chi connectivity index (χ4v) is 0.996. The van der Waals surface area contributed by atoms with Crippen LogP contribution in [0.15, 0.2) is 12.1 Å². The summed E-state index contributed by atoms with van der Waals surface area (Å²) in [7, 11) is 1.30. The van der Waals surface area contributed by atoms with Crippen molar-refractivity contribution in [3.63, 3.8) is 0 Å². The smallest absolute Gasteiger partial charge is 0.419 e. The number of ether oxygens (including phenoxy) is 1. The minimum atomic E-state index is -4.48. The van der Waals surface area contributed by atoms with E-state index in [0.29, 0.717) is 0 Å². The molecule has 1 rings (SSSR count). The molecule has 0 fully saturated rings. The molecule has 0 aromatic carbocycles. The molecule has 1 heterocycles. The zero-order valence-corrected chi connectivity index (χ0v) is 7.28. The quantitative estimate of drug-likeness (QED) is 0.667. The molecule has 0 saturated carbocycles. The Balaban J connectivity index is 3.13. The number of hydrogen-bond donors (Lipinski definition) is 0. The van der Waals surface area contributed by atoms with Crippen molar-refractivity contribution in [2.75, 3.05) is 7.11 Å². The number of nitrogens with zero attached hydrogens (tertiary/aromatic N) is 1. The topological polar surface area (TPSA) is 22.1 Å². The van der Waals surface area contributed by atoms with E-state index in [0.717, 1.165) is 12.1 Å². The monoisotopic (exact) mass is 211 g/mol. The molecular formula is C7H5ClF3NO. The molecule has 6 heteroatoms. The number of hydrogen-bond acceptors (Lipinski definition) is 2. The molecular weight excluding hydrogens is 207 g/mol. The van der Waals surface area contributed by atoms with Gasteiger partial charge in [0, 0.05) is 6.07 Å². The standard InChI is InChI=1S/C7H5ClF3NO/c1-13-5-3-2-4(6(8)12-5)7(9,10)11/h2-3H,1H3. The van der Waals surface area contributed by atoms with Crippen molar-refractivity contribution in [2.24, 2.45) is 0 Å². The third-order valence-electron chi connectivity index (χ3n) is 1.34. The SMILES string of the molecule is COc1ccc(C(F)(F)F)c(Cl)n1. The molecule has 0 aliphatic rings. The van der Waals surface area contributed by atoms with Crippen molar-refractivity contribution in [1.82, 2.24) is 4.98 Å². The van der Waals surface area contributed by atoms with Crippen LogP contribution >= 0.6 is 11.6 Å². The molecule has 1 aromatic rings. The fraction of sp³-hybridized carbons (Fsp3) is 0.286. The Bertz CT molecular complexity index is 313. The normalized spacial score (nSPS) is 11.5. The summed E-state index contributed by atoms with van der Waals surface area (Å²) in [6.45, 7) is 0. The van der Waals surface area contributed by atoms with Crippen LogP contribution in [0, 0.1) is 0 Å². The van der Waals surface area contributed by atoms with E-state index in [4.69, 9.17) is 11.6 Å². The predicted molar refractivity (Wildman–Crippen MR) is 40.8 cm³/mol. The lowest BCUT2D eigenvalue weighted by Crippen LogP contribution is -2.06. The molecule has 2 nitrogen and oxygen atoms in total. The zero-order valence-electron chi connectivity index (χ0n) is 6.52. The van der Waals surface area contributed by atoms with Crippen LogP contribution in [-0.4, -0.2) is 12.1 Å². The van der Waals surface area contributed by atoms with Gasteiger partial charge in [0.1, 0.15) is 5.15 Å². The van der Waals surface area contributed by atoms with E-state index in [1.165, 1.54) is 7.11 Å². The summed E-state index contributed by atoms with van der Waals surface area (Å²) < 4.78 is 41.0. The lowest BCUT2D eigenvalue weighted by Gasteiger charge is -2.08. The van der Waals surface area contributed by atoms with Gasteiger partial charge in [-0.1, -0.05) is 11.6 Å². The Morgan fingerprint density at radius 1 is 1.38 bits per heavy atom. The first-order valence-electron chi connectivity index (χ1n) is 3.23. The summed E-state index contributed by atoms with van der Waals surface area (Å²) in [5.74, 6) is 0.0537. The Morgan fingerprint density at radius 2 is 2.00 bits per heavy atom. The van der Waals surface area contributed by atoms with E-state index in [1.807, 2.05) is 0 Å². The Kier molecular flexibility index (Phi) is 2.66. The molecule has 1 aromatic heterocycles. The fourth-order valence-electron chi connectivity index (χ4n) is 0.743. The average Bonchev–Trinajstić information content (AvgIpc) is 2.01. The first-order valence-corrected chi connectivity index (χ1v) is 3.60. The van der Waals surface area contributed by atoms with Gasteiger partial charge in [0.25, 0.3) is 0 Å². The lowest BCUT2D eigenvalue weighted by atomic mass is 10.3. The second-order valence-corrected chi connectivity index (χ2v) is 2.55. The molecule has 0 saturated heterocycles. The summed E-state index contributed by atoms with van der Waals surface area (Å²) in [5.41, 5.74) is -0.963. The molecule has 0 unspecified atom stereocenters. The van der Waals surface area contributed by atoms with Gasteiger partial charge in [-0.2, -0.15) is 13.2 Å². The molecule has 0 N–H and O–H groups in total. The van der Waals surface area contributed by atoms with Gasteiger partial charge < -0.3 is 4.74 Å². The van der Waals surface area contributed by atoms with Crippen molar-refractivity contribution < 1.29 is 17.9 Å². The van der Waals surface area contributed by atoms with E-state index in [-0.39, 0.29) is 5.88 Å². The second kappa shape index (κ2) is 3.41. The molecule has 0 spiro atoms. The van der Waals surface area contributed by atoms with Crippen LogP contribution in [0.2, 0.25) is 5.15 Å². The zero-order chi connectivity index (χ0) is 10.1. The van der Waals surface area contributed by atoms with Crippen molar-refractivity contribution >= 4 is 11.6 Å². The summed E-state index contributed by atoms with van der Waals surface area (Å²) in [5, 5.41) is -0.605. The molecule has 0 radical (unpaired) electrons.